The van der Waals surface area contributed by atoms with Gasteiger partial charge in [-0.2, -0.15) is 0 Å². The molecule has 0 aliphatic carbocycles. The van der Waals surface area contributed by atoms with Gasteiger partial charge in [0.25, 0.3) is 0 Å². The first-order valence-electron chi connectivity index (χ1n) is 5.80. The Morgan fingerprint density at radius 3 is 2.06 bits per heavy atom. The van der Waals surface area contributed by atoms with Gasteiger partial charge in [-0.15, -0.1) is 0 Å². The maximum absolute atomic E-state index is 11.4. The van der Waals surface area contributed by atoms with Gasteiger partial charge in [0.1, 0.15) is 0 Å². The average molecular weight is 220 g/mol. The highest BCUT2D eigenvalue weighted by Gasteiger charge is 2.11. The Bertz CT molecular complexity index is 355. The van der Waals surface area contributed by atoms with Crippen LogP contribution in [0.1, 0.15) is 36.1 Å². The van der Waals surface area contributed by atoms with Crippen LogP contribution >= 0.6 is 0 Å². The molecule has 0 aromatic heterocycles. The van der Waals surface area contributed by atoms with Crippen molar-refractivity contribution in [2.75, 3.05) is 7.11 Å². The van der Waals surface area contributed by atoms with Crippen molar-refractivity contribution in [3.8, 4) is 0 Å². The summed E-state index contributed by atoms with van der Waals surface area (Å²) in [4.78, 5) is 11.4. The number of aryl methyl sites for hydroxylation is 3. The number of ether oxygens (including phenoxy) is 1. The lowest BCUT2D eigenvalue weighted by Crippen LogP contribution is -2.09. The summed E-state index contributed by atoms with van der Waals surface area (Å²) in [5.41, 5.74) is 4.95. The maximum atomic E-state index is 11.4. The highest BCUT2D eigenvalue weighted by atomic mass is 16.5. The molecule has 1 aromatic carbocycles. The molecule has 88 valence electrons. The van der Waals surface area contributed by atoms with Crippen LogP contribution in [0.15, 0.2) is 12.1 Å². The second-order valence-corrected chi connectivity index (χ2v) is 4.02. The van der Waals surface area contributed by atoms with Crippen molar-refractivity contribution < 1.29 is 9.53 Å². The minimum Gasteiger partial charge on any atom is -0.469 e. The van der Waals surface area contributed by atoms with Gasteiger partial charge in [0.15, 0.2) is 0 Å². The van der Waals surface area contributed by atoms with Gasteiger partial charge in [-0.3, -0.25) is 4.79 Å². The monoisotopic (exact) mass is 220 g/mol. The van der Waals surface area contributed by atoms with E-state index in [2.05, 4.69) is 32.9 Å². The van der Waals surface area contributed by atoms with Gasteiger partial charge < -0.3 is 4.74 Å². The first-order chi connectivity index (χ1) is 7.62. The van der Waals surface area contributed by atoms with E-state index in [0.717, 1.165) is 18.4 Å². The van der Waals surface area contributed by atoms with Gasteiger partial charge in [-0.1, -0.05) is 31.5 Å². The number of esters is 1. The third-order valence-corrected chi connectivity index (χ3v) is 2.89. The molecule has 0 heterocycles. The largest absolute Gasteiger partial charge is 0.469 e. The van der Waals surface area contributed by atoms with E-state index in [-0.39, 0.29) is 5.97 Å². The molecule has 0 radical (unpaired) electrons. The lowest BCUT2D eigenvalue weighted by molar-refractivity contribution is -0.139. The van der Waals surface area contributed by atoms with Crippen LogP contribution in [0.3, 0.4) is 0 Å². The standard InChI is InChI=1S/C14H20O2/c1-5-11-7-10(3)8-12(6-2)13(11)9-14(15)16-4/h7-8H,5-6,9H2,1-4H3. The normalized spacial score (nSPS) is 10.2. The van der Waals surface area contributed by atoms with Crippen molar-refractivity contribution in [1.82, 2.24) is 0 Å². The predicted octanol–water partition coefficient (Wildman–Crippen LogP) is 2.84. The molecule has 0 atom stereocenters. The summed E-state index contributed by atoms with van der Waals surface area (Å²) in [6.45, 7) is 6.34. The van der Waals surface area contributed by atoms with Crippen LogP contribution in [0.25, 0.3) is 0 Å². The zero-order valence-electron chi connectivity index (χ0n) is 10.6. The number of hydrogen-bond donors (Lipinski definition) is 0. The summed E-state index contributed by atoms with van der Waals surface area (Å²) < 4.78 is 4.74. The Kier molecular flexibility index (Phi) is 4.53. The van der Waals surface area contributed by atoms with E-state index in [0.29, 0.717) is 6.42 Å². The van der Waals surface area contributed by atoms with Crippen molar-refractivity contribution >= 4 is 5.97 Å². The summed E-state index contributed by atoms with van der Waals surface area (Å²) in [5.74, 6) is -0.159. The van der Waals surface area contributed by atoms with E-state index in [4.69, 9.17) is 4.74 Å². The fourth-order valence-corrected chi connectivity index (χ4v) is 2.05. The number of benzene rings is 1. The summed E-state index contributed by atoms with van der Waals surface area (Å²) in [5, 5.41) is 0. The number of methoxy groups -OCH3 is 1. The topological polar surface area (TPSA) is 26.3 Å². The Hall–Kier alpha value is -1.31. The third-order valence-electron chi connectivity index (χ3n) is 2.89. The molecular weight excluding hydrogens is 200 g/mol. The van der Waals surface area contributed by atoms with Crippen LogP contribution in [-0.4, -0.2) is 13.1 Å². The van der Waals surface area contributed by atoms with Crippen molar-refractivity contribution in [3.05, 3.63) is 34.4 Å². The first-order valence-corrected chi connectivity index (χ1v) is 5.80. The molecule has 0 fully saturated rings. The first kappa shape index (κ1) is 12.8. The van der Waals surface area contributed by atoms with Crippen LogP contribution < -0.4 is 0 Å². The van der Waals surface area contributed by atoms with Crippen LogP contribution in [-0.2, 0) is 28.8 Å². The molecule has 0 bridgehead atoms. The Morgan fingerprint density at radius 1 is 1.19 bits per heavy atom. The van der Waals surface area contributed by atoms with Gasteiger partial charge in [0, 0.05) is 0 Å². The lowest BCUT2D eigenvalue weighted by atomic mass is 9.93. The Labute approximate surface area is 97.6 Å². The minimum atomic E-state index is -0.159. The van der Waals surface area contributed by atoms with E-state index >= 15 is 0 Å². The molecule has 0 saturated carbocycles. The average Bonchev–Trinajstić information content (AvgIpc) is 2.30. The number of rotatable bonds is 4. The summed E-state index contributed by atoms with van der Waals surface area (Å²) in [7, 11) is 1.44. The molecule has 16 heavy (non-hydrogen) atoms. The van der Waals surface area contributed by atoms with E-state index in [9.17, 15) is 4.79 Å². The van der Waals surface area contributed by atoms with Crippen molar-refractivity contribution in [2.45, 2.75) is 40.0 Å². The highest BCUT2D eigenvalue weighted by molar-refractivity contribution is 5.73. The molecule has 0 aliphatic heterocycles. The SMILES string of the molecule is CCc1cc(C)cc(CC)c1CC(=O)OC. The Balaban J connectivity index is 3.16. The van der Waals surface area contributed by atoms with Crippen LogP contribution in [0.4, 0.5) is 0 Å². The number of hydrogen-bond acceptors (Lipinski definition) is 2. The molecule has 0 spiro atoms. The van der Waals surface area contributed by atoms with Crippen molar-refractivity contribution in [1.29, 1.82) is 0 Å². The molecule has 0 amide bonds. The molecule has 2 nitrogen and oxygen atoms in total. The zero-order valence-corrected chi connectivity index (χ0v) is 10.6. The van der Waals surface area contributed by atoms with Crippen molar-refractivity contribution in [2.24, 2.45) is 0 Å². The summed E-state index contributed by atoms with van der Waals surface area (Å²) >= 11 is 0. The van der Waals surface area contributed by atoms with Crippen LogP contribution in [0, 0.1) is 6.92 Å². The summed E-state index contributed by atoms with van der Waals surface area (Å²) in [6, 6.07) is 4.33. The fraction of sp³-hybridized carbons (Fsp3) is 0.500. The van der Waals surface area contributed by atoms with E-state index in [1.54, 1.807) is 0 Å². The molecular formula is C14H20O2. The number of carbonyl (C=O) groups is 1. The van der Waals surface area contributed by atoms with Gasteiger partial charge in [-0.25, -0.2) is 0 Å². The lowest BCUT2D eigenvalue weighted by Gasteiger charge is -2.13. The van der Waals surface area contributed by atoms with Gasteiger partial charge in [-0.05, 0) is 36.5 Å². The van der Waals surface area contributed by atoms with E-state index in [1.807, 2.05) is 0 Å². The van der Waals surface area contributed by atoms with Gasteiger partial charge in [0.2, 0.25) is 0 Å². The van der Waals surface area contributed by atoms with Gasteiger partial charge in [0.05, 0.1) is 13.5 Å². The van der Waals surface area contributed by atoms with E-state index < -0.39 is 0 Å². The van der Waals surface area contributed by atoms with Gasteiger partial charge >= 0.3 is 5.97 Å². The Morgan fingerprint density at radius 2 is 1.69 bits per heavy atom. The van der Waals surface area contributed by atoms with Crippen LogP contribution in [0.5, 0.6) is 0 Å². The third kappa shape index (κ3) is 2.84. The second-order valence-electron chi connectivity index (χ2n) is 4.02. The molecule has 2 heteroatoms. The smallest absolute Gasteiger partial charge is 0.309 e. The van der Waals surface area contributed by atoms with Crippen molar-refractivity contribution in [3.63, 3.8) is 0 Å². The second kappa shape index (κ2) is 5.69. The minimum absolute atomic E-state index is 0.159. The summed E-state index contributed by atoms with van der Waals surface area (Å²) in [6.07, 6.45) is 2.31. The predicted molar refractivity (Wildman–Crippen MR) is 65.7 cm³/mol. The zero-order chi connectivity index (χ0) is 12.1. The molecule has 0 unspecified atom stereocenters. The molecule has 0 N–H and O–H groups in total. The number of carbonyl (C=O) groups excluding carboxylic acids is 1. The van der Waals surface area contributed by atoms with Crippen LogP contribution in [0.2, 0.25) is 0 Å². The molecule has 1 rings (SSSR count). The highest BCUT2D eigenvalue weighted by Crippen LogP contribution is 2.20. The van der Waals surface area contributed by atoms with E-state index in [1.165, 1.54) is 23.8 Å². The fourth-order valence-electron chi connectivity index (χ4n) is 2.05. The molecule has 0 saturated heterocycles. The maximum Gasteiger partial charge on any atom is 0.309 e. The molecule has 0 aliphatic rings. The molecule has 1 aromatic rings. The quantitative estimate of drug-likeness (QED) is 0.729.